The molecule has 1 aliphatic heterocycles. The monoisotopic (exact) mass is 590 g/mol. The van der Waals surface area contributed by atoms with Gasteiger partial charge in [0.2, 0.25) is 0 Å². The first-order valence-corrected chi connectivity index (χ1v) is 13.1. The quantitative estimate of drug-likeness (QED) is 0.216. The molecular formula is C29H31ClO11. The highest BCUT2D eigenvalue weighted by molar-refractivity contribution is 6.31. The number of hydrogen-bond acceptors (Lipinski definition) is 11. The molecular weight excluding hydrogens is 560 g/mol. The molecule has 220 valence electrons. The van der Waals surface area contributed by atoms with Crippen LogP contribution in [0.2, 0.25) is 5.02 Å². The Morgan fingerprint density at radius 3 is 2.02 bits per heavy atom. The topological polar surface area (TPSA) is 141 Å². The van der Waals surface area contributed by atoms with Gasteiger partial charge in [-0.15, -0.1) is 0 Å². The lowest BCUT2D eigenvalue weighted by molar-refractivity contribution is -0.254. The first kappa shape index (κ1) is 31.6. The van der Waals surface area contributed by atoms with E-state index < -0.39 is 54.4 Å². The summed E-state index contributed by atoms with van der Waals surface area (Å²) in [6, 6.07) is 12.2. The first-order valence-electron chi connectivity index (χ1n) is 12.7. The number of carbonyl (C=O) groups is 5. The molecule has 1 saturated heterocycles. The van der Waals surface area contributed by atoms with Crippen molar-refractivity contribution in [1.82, 2.24) is 0 Å². The van der Waals surface area contributed by atoms with E-state index in [4.69, 9.17) is 40.0 Å². The van der Waals surface area contributed by atoms with E-state index in [-0.39, 0.29) is 13.2 Å². The molecule has 0 spiro atoms. The van der Waals surface area contributed by atoms with E-state index in [1.54, 1.807) is 30.3 Å². The van der Waals surface area contributed by atoms with Gasteiger partial charge in [0, 0.05) is 32.7 Å². The number of esters is 4. The second kappa shape index (κ2) is 14.6. The summed E-state index contributed by atoms with van der Waals surface area (Å²) in [6.45, 7) is 4.34. The Morgan fingerprint density at radius 2 is 1.44 bits per heavy atom. The highest BCUT2D eigenvalue weighted by Gasteiger charge is 2.52. The highest BCUT2D eigenvalue weighted by atomic mass is 35.5. The minimum Gasteiger partial charge on any atom is -0.486 e. The van der Waals surface area contributed by atoms with Crippen LogP contribution in [0.25, 0.3) is 0 Å². The minimum atomic E-state index is -1.28. The summed E-state index contributed by atoms with van der Waals surface area (Å²) in [5, 5.41) is 0.459. The lowest BCUT2D eigenvalue weighted by Crippen LogP contribution is -2.59. The van der Waals surface area contributed by atoms with E-state index in [0.29, 0.717) is 34.6 Å². The normalized spacial score (nSPS) is 21.7. The van der Waals surface area contributed by atoms with Gasteiger partial charge in [-0.05, 0) is 41.3 Å². The second-order valence-corrected chi connectivity index (χ2v) is 9.68. The fourth-order valence-electron chi connectivity index (χ4n) is 4.46. The molecule has 0 N–H and O–H groups in total. The third kappa shape index (κ3) is 9.02. The summed E-state index contributed by atoms with van der Waals surface area (Å²) in [7, 11) is 0. The molecule has 5 atom stereocenters. The Morgan fingerprint density at radius 1 is 0.829 bits per heavy atom. The molecule has 2 aromatic rings. The molecule has 1 fully saturated rings. The van der Waals surface area contributed by atoms with E-state index >= 15 is 0 Å². The number of ether oxygens (including phenoxy) is 6. The summed E-state index contributed by atoms with van der Waals surface area (Å²) >= 11 is 6.52. The molecule has 0 radical (unpaired) electrons. The van der Waals surface area contributed by atoms with E-state index in [9.17, 15) is 24.0 Å². The van der Waals surface area contributed by atoms with Gasteiger partial charge in [0.1, 0.15) is 31.2 Å². The molecule has 0 bridgehead atoms. The van der Waals surface area contributed by atoms with Crippen LogP contribution in [0.4, 0.5) is 0 Å². The number of halogens is 1. The summed E-state index contributed by atoms with van der Waals surface area (Å²) in [4.78, 5) is 58.4. The van der Waals surface area contributed by atoms with Gasteiger partial charge in [0.15, 0.2) is 24.6 Å². The minimum absolute atomic E-state index is 0.0524. The summed E-state index contributed by atoms with van der Waals surface area (Å²) < 4.78 is 33.2. The smallest absolute Gasteiger partial charge is 0.303 e. The van der Waals surface area contributed by atoms with Crippen molar-refractivity contribution < 1.29 is 52.4 Å². The summed E-state index contributed by atoms with van der Waals surface area (Å²) in [6.07, 6.45) is -4.77. The predicted octanol–water partition coefficient (Wildman–Crippen LogP) is 3.31. The number of aldehydes is 1. The molecule has 0 aromatic heterocycles. The molecule has 1 aliphatic rings. The largest absolute Gasteiger partial charge is 0.486 e. The SMILES string of the molecule is CC(=O)OC[C@H]1O[C@@H](c2ccc(Cl)c(Cc3ccc(OCC=O)cc3)c2)[C@H](OC(C)=O)[C@@H](OC(C)=O)[C@@H]1OC(C)=O. The van der Waals surface area contributed by atoms with Crippen molar-refractivity contribution in [2.75, 3.05) is 13.2 Å². The predicted molar refractivity (Wildman–Crippen MR) is 143 cm³/mol. The zero-order valence-electron chi connectivity index (χ0n) is 23.0. The zero-order chi connectivity index (χ0) is 30.1. The Bertz CT molecular complexity index is 1260. The maximum absolute atomic E-state index is 12.2. The molecule has 11 nitrogen and oxygen atoms in total. The molecule has 0 amide bonds. The molecule has 0 unspecified atom stereocenters. The maximum Gasteiger partial charge on any atom is 0.303 e. The Kier molecular flexibility index (Phi) is 11.2. The van der Waals surface area contributed by atoms with Gasteiger partial charge in [-0.1, -0.05) is 35.9 Å². The van der Waals surface area contributed by atoms with Crippen molar-refractivity contribution in [1.29, 1.82) is 0 Å². The molecule has 1 heterocycles. The average molecular weight is 591 g/mol. The van der Waals surface area contributed by atoms with E-state index in [1.807, 2.05) is 12.1 Å². The zero-order valence-corrected chi connectivity index (χ0v) is 23.8. The number of rotatable bonds is 11. The van der Waals surface area contributed by atoms with Crippen LogP contribution < -0.4 is 4.74 Å². The molecule has 3 rings (SSSR count). The third-order valence-corrected chi connectivity index (χ3v) is 6.39. The molecule has 0 saturated carbocycles. The van der Waals surface area contributed by atoms with Crippen LogP contribution in [-0.2, 0) is 54.1 Å². The maximum atomic E-state index is 12.2. The van der Waals surface area contributed by atoms with Crippen LogP contribution in [0, 0.1) is 0 Å². The van der Waals surface area contributed by atoms with Crippen molar-refractivity contribution in [2.24, 2.45) is 0 Å². The Balaban J connectivity index is 2.01. The average Bonchev–Trinajstić information content (AvgIpc) is 2.90. The molecule has 0 aliphatic carbocycles. The van der Waals surface area contributed by atoms with Crippen molar-refractivity contribution in [3.8, 4) is 5.75 Å². The number of carbonyl (C=O) groups excluding carboxylic acids is 5. The molecule has 12 heteroatoms. The van der Waals surface area contributed by atoms with Crippen LogP contribution in [-0.4, -0.2) is 67.8 Å². The van der Waals surface area contributed by atoms with Crippen molar-refractivity contribution in [3.63, 3.8) is 0 Å². The van der Waals surface area contributed by atoms with Crippen LogP contribution in [0.5, 0.6) is 5.75 Å². The summed E-state index contributed by atoms with van der Waals surface area (Å²) in [5.41, 5.74) is 2.12. The second-order valence-electron chi connectivity index (χ2n) is 9.27. The molecule has 41 heavy (non-hydrogen) atoms. The van der Waals surface area contributed by atoms with Gasteiger partial charge < -0.3 is 28.4 Å². The Labute approximate surface area is 241 Å². The number of benzene rings is 2. The van der Waals surface area contributed by atoms with Gasteiger partial charge in [-0.2, -0.15) is 0 Å². The van der Waals surface area contributed by atoms with Crippen molar-refractivity contribution in [3.05, 3.63) is 64.2 Å². The summed E-state index contributed by atoms with van der Waals surface area (Å²) in [5.74, 6) is -2.17. The van der Waals surface area contributed by atoms with Gasteiger partial charge in [0.25, 0.3) is 0 Å². The van der Waals surface area contributed by atoms with E-state index in [1.165, 1.54) is 13.8 Å². The van der Waals surface area contributed by atoms with E-state index in [2.05, 4.69) is 0 Å². The lowest BCUT2D eigenvalue weighted by Gasteiger charge is -2.44. The fraction of sp³-hybridized carbons (Fsp3) is 0.414. The number of hydrogen-bond donors (Lipinski definition) is 0. The van der Waals surface area contributed by atoms with Gasteiger partial charge in [-0.3, -0.25) is 24.0 Å². The van der Waals surface area contributed by atoms with E-state index in [0.717, 1.165) is 19.4 Å². The third-order valence-electron chi connectivity index (χ3n) is 6.03. The highest BCUT2D eigenvalue weighted by Crippen LogP contribution is 2.39. The lowest BCUT2D eigenvalue weighted by atomic mass is 9.89. The van der Waals surface area contributed by atoms with Crippen LogP contribution >= 0.6 is 11.6 Å². The van der Waals surface area contributed by atoms with Crippen LogP contribution in [0.15, 0.2) is 42.5 Å². The Hall–Kier alpha value is -3.96. The fourth-order valence-corrected chi connectivity index (χ4v) is 4.64. The van der Waals surface area contributed by atoms with Crippen molar-refractivity contribution >= 4 is 41.8 Å². The van der Waals surface area contributed by atoms with Gasteiger partial charge >= 0.3 is 23.9 Å². The van der Waals surface area contributed by atoms with Gasteiger partial charge in [-0.25, -0.2) is 0 Å². The van der Waals surface area contributed by atoms with Crippen LogP contribution in [0.1, 0.15) is 50.5 Å². The molecule has 2 aromatic carbocycles. The van der Waals surface area contributed by atoms with Gasteiger partial charge in [0.05, 0.1) is 0 Å². The first-order chi connectivity index (χ1) is 19.5. The van der Waals surface area contributed by atoms with Crippen LogP contribution in [0.3, 0.4) is 0 Å². The standard InChI is InChI=1S/C29H31ClO11/c1-16(32)37-15-25-27(38-17(2)33)29(40-19(4)35)28(39-18(3)34)26(41-25)21-7-10-24(30)22(14-21)13-20-5-8-23(9-6-20)36-12-11-31/h5-11,14,25-29H,12-13,15H2,1-4H3/t25-,26+,27-,28+,29+/m1/s1. The van der Waals surface area contributed by atoms with Crippen molar-refractivity contribution in [2.45, 2.75) is 64.6 Å².